The average Bonchev–Trinajstić information content (AvgIpc) is 2.41. The van der Waals surface area contributed by atoms with Gasteiger partial charge in [0.05, 0.1) is 0 Å². The Hall–Kier alpha value is -1.15. The molecule has 1 nitrogen and oxygen atoms in total. The maximum atomic E-state index is 5.38. The van der Waals surface area contributed by atoms with E-state index in [2.05, 4.69) is 36.9 Å². The highest BCUT2D eigenvalue weighted by Gasteiger charge is 2.25. The van der Waals surface area contributed by atoms with E-state index in [1.807, 2.05) is 13.1 Å². The molecule has 1 aromatic rings. The molecule has 1 heterocycles. The van der Waals surface area contributed by atoms with E-state index in [4.69, 9.17) is 12.2 Å². The number of hydrogen-bond donors (Lipinski definition) is 0. The van der Waals surface area contributed by atoms with Gasteiger partial charge in [-0.05, 0) is 13.8 Å². The first-order valence-corrected chi connectivity index (χ1v) is 5.08. The summed E-state index contributed by atoms with van der Waals surface area (Å²) < 4.78 is 0. The van der Waals surface area contributed by atoms with E-state index >= 15 is 0 Å². The Morgan fingerprint density at radius 3 is 2.29 bits per heavy atom. The molecule has 2 heteroatoms. The fourth-order valence-corrected chi connectivity index (χ4v) is 2.21. The second-order valence-electron chi connectivity index (χ2n) is 3.76. The fraction of sp³-hybridized carbons (Fsp3) is 0.250. The third-order valence-electron chi connectivity index (χ3n) is 2.53. The molecule has 14 heavy (non-hydrogen) atoms. The zero-order valence-corrected chi connectivity index (χ0v) is 9.48. The van der Waals surface area contributed by atoms with Gasteiger partial charge in [-0.25, -0.2) is 0 Å². The van der Waals surface area contributed by atoms with Crippen LogP contribution in [-0.2, 0) is 0 Å². The van der Waals surface area contributed by atoms with Crippen molar-refractivity contribution in [3.63, 3.8) is 0 Å². The van der Waals surface area contributed by atoms with Crippen molar-refractivity contribution in [2.45, 2.75) is 13.8 Å². The minimum Gasteiger partial charge on any atom is -0.335 e. The summed E-state index contributed by atoms with van der Waals surface area (Å²) in [6.07, 6.45) is 0. The predicted molar refractivity (Wildman–Crippen MR) is 64.2 cm³/mol. The van der Waals surface area contributed by atoms with Crippen molar-refractivity contribution >= 4 is 22.9 Å². The summed E-state index contributed by atoms with van der Waals surface area (Å²) in [6, 6.07) is 8.31. The Balaban J connectivity index is 2.72. The summed E-state index contributed by atoms with van der Waals surface area (Å²) >= 11 is 5.38. The Morgan fingerprint density at radius 2 is 1.71 bits per heavy atom. The molecule has 0 aromatic heterocycles. The number of nitrogens with zero attached hydrogens (tertiary/aromatic N) is 1. The van der Waals surface area contributed by atoms with Crippen LogP contribution < -0.4 is 0 Å². The Kier molecular flexibility index (Phi) is 2.16. The van der Waals surface area contributed by atoms with Gasteiger partial charge in [-0.15, -0.1) is 0 Å². The minimum absolute atomic E-state index is 0.928. The second-order valence-corrected chi connectivity index (χ2v) is 4.15. The van der Waals surface area contributed by atoms with Gasteiger partial charge in [-0.3, -0.25) is 0 Å². The molecule has 0 fully saturated rings. The van der Waals surface area contributed by atoms with Crippen molar-refractivity contribution in [2.75, 3.05) is 7.05 Å². The second kappa shape index (κ2) is 3.21. The third-order valence-corrected chi connectivity index (χ3v) is 3.02. The molecule has 72 valence electrons. The van der Waals surface area contributed by atoms with Crippen LogP contribution in [0.5, 0.6) is 0 Å². The maximum Gasteiger partial charge on any atom is 0.114 e. The SMILES string of the molecule is CC(C)=C1c2ccccc2C(=S)N1C. The van der Waals surface area contributed by atoms with Crippen LogP contribution in [0.15, 0.2) is 29.8 Å². The topological polar surface area (TPSA) is 3.24 Å². The molecule has 0 saturated heterocycles. The van der Waals surface area contributed by atoms with E-state index in [1.165, 1.54) is 22.4 Å². The quantitative estimate of drug-likeness (QED) is 0.596. The normalized spacial score (nSPS) is 14.6. The van der Waals surface area contributed by atoms with Crippen LogP contribution in [-0.4, -0.2) is 16.9 Å². The fourth-order valence-electron chi connectivity index (χ4n) is 1.94. The van der Waals surface area contributed by atoms with Gasteiger partial charge in [0, 0.05) is 23.9 Å². The summed E-state index contributed by atoms with van der Waals surface area (Å²) in [5.74, 6) is 0. The van der Waals surface area contributed by atoms with Crippen LogP contribution >= 0.6 is 12.2 Å². The van der Waals surface area contributed by atoms with E-state index in [0.29, 0.717) is 0 Å². The molecule has 2 rings (SSSR count). The first-order valence-electron chi connectivity index (χ1n) is 4.68. The van der Waals surface area contributed by atoms with E-state index in [1.54, 1.807) is 0 Å². The van der Waals surface area contributed by atoms with Crippen molar-refractivity contribution in [3.05, 3.63) is 41.0 Å². The average molecular weight is 203 g/mol. The summed E-state index contributed by atoms with van der Waals surface area (Å²) in [5, 5.41) is 0. The lowest BCUT2D eigenvalue weighted by Gasteiger charge is -2.14. The van der Waals surface area contributed by atoms with Crippen LogP contribution in [0.4, 0.5) is 0 Å². The van der Waals surface area contributed by atoms with Gasteiger partial charge in [0.2, 0.25) is 0 Å². The first-order chi connectivity index (χ1) is 6.63. The molecule has 0 atom stereocenters. The monoisotopic (exact) mass is 203 g/mol. The van der Waals surface area contributed by atoms with Crippen molar-refractivity contribution in [2.24, 2.45) is 0 Å². The molecule has 0 unspecified atom stereocenters. The Labute approximate surface area is 90.0 Å². The van der Waals surface area contributed by atoms with Gasteiger partial charge in [-0.2, -0.15) is 0 Å². The lowest BCUT2D eigenvalue weighted by atomic mass is 10.1. The summed E-state index contributed by atoms with van der Waals surface area (Å²) in [7, 11) is 2.03. The zero-order chi connectivity index (χ0) is 10.3. The van der Waals surface area contributed by atoms with E-state index < -0.39 is 0 Å². The molecule has 1 aromatic carbocycles. The molecule has 0 spiro atoms. The minimum atomic E-state index is 0.928. The smallest absolute Gasteiger partial charge is 0.114 e. The number of thiocarbonyl (C=S) groups is 1. The van der Waals surface area contributed by atoms with E-state index in [9.17, 15) is 0 Å². The summed E-state index contributed by atoms with van der Waals surface area (Å²) in [5.41, 5.74) is 5.01. The summed E-state index contributed by atoms with van der Waals surface area (Å²) in [6.45, 7) is 4.24. The van der Waals surface area contributed by atoms with Crippen molar-refractivity contribution in [1.29, 1.82) is 0 Å². The molecular formula is C12H13NS. The molecule has 0 radical (unpaired) electrons. The van der Waals surface area contributed by atoms with Gasteiger partial charge in [0.15, 0.2) is 0 Å². The van der Waals surface area contributed by atoms with Crippen molar-refractivity contribution in [3.8, 4) is 0 Å². The highest BCUT2D eigenvalue weighted by atomic mass is 32.1. The van der Waals surface area contributed by atoms with Gasteiger partial charge < -0.3 is 4.90 Å². The number of allylic oxidation sites excluding steroid dienone is 1. The Bertz CT molecular complexity index is 428. The molecule has 0 N–H and O–H groups in total. The molecule has 1 aliphatic heterocycles. The van der Waals surface area contributed by atoms with E-state index in [-0.39, 0.29) is 0 Å². The largest absolute Gasteiger partial charge is 0.335 e. The van der Waals surface area contributed by atoms with Gasteiger partial charge >= 0.3 is 0 Å². The lowest BCUT2D eigenvalue weighted by molar-refractivity contribution is 0.745. The third kappa shape index (κ3) is 1.18. The number of hydrogen-bond acceptors (Lipinski definition) is 1. The van der Waals surface area contributed by atoms with Crippen molar-refractivity contribution in [1.82, 2.24) is 4.90 Å². The van der Waals surface area contributed by atoms with Gasteiger partial charge in [0.25, 0.3) is 0 Å². The number of fused-ring (bicyclic) bond motifs is 1. The van der Waals surface area contributed by atoms with E-state index in [0.717, 1.165) is 4.99 Å². The lowest BCUT2D eigenvalue weighted by Crippen LogP contribution is -2.16. The molecule has 1 aliphatic rings. The Morgan fingerprint density at radius 1 is 1.14 bits per heavy atom. The highest BCUT2D eigenvalue weighted by molar-refractivity contribution is 7.80. The highest BCUT2D eigenvalue weighted by Crippen LogP contribution is 2.33. The molecule has 0 bridgehead atoms. The van der Waals surface area contributed by atoms with Gasteiger partial charge in [0.1, 0.15) is 4.99 Å². The van der Waals surface area contributed by atoms with Crippen LogP contribution in [0.3, 0.4) is 0 Å². The van der Waals surface area contributed by atoms with Crippen LogP contribution in [0.25, 0.3) is 5.70 Å². The van der Waals surface area contributed by atoms with Crippen LogP contribution in [0.2, 0.25) is 0 Å². The molecule has 0 aliphatic carbocycles. The van der Waals surface area contributed by atoms with Gasteiger partial charge in [-0.1, -0.05) is 42.1 Å². The first kappa shape index (κ1) is 9.41. The maximum absolute atomic E-state index is 5.38. The molecule has 0 amide bonds. The van der Waals surface area contributed by atoms with Crippen molar-refractivity contribution < 1.29 is 0 Å². The number of rotatable bonds is 0. The zero-order valence-electron chi connectivity index (χ0n) is 8.66. The van der Waals surface area contributed by atoms with Crippen LogP contribution in [0, 0.1) is 0 Å². The van der Waals surface area contributed by atoms with Crippen LogP contribution in [0.1, 0.15) is 25.0 Å². The molecule has 0 saturated carbocycles. The molecular weight excluding hydrogens is 190 g/mol. The number of benzene rings is 1. The standard InChI is InChI=1S/C12H13NS/c1-8(2)11-9-6-4-5-7-10(9)12(14)13(11)3/h4-7H,1-3H3. The predicted octanol–water partition coefficient (Wildman–Crippen LogP) is 3.06. The summed E-state index contributed by atoms with van der Waals surface area (Å²) in [4.78, 5) is 3.02.